The van der Waals surface area contributed by atoms with E-state index in [-0.39, 0.29) is 23.6 Å². The Hall–Kier alpha value is -1.84. The van der Waals surface area contributed by atoms with E-state index in [0.29, 0.717) is 5.76 Å². The first kappa shape index (κ1) is 16.0. The predicted molar refractivity (Wildman–Crippen MR) is 86.0 cm³/mol. The average Bonchev–Trinajstić information content (AvgIpc) is 2.87. The lowest BCUT2D eigenvalue weighted by atomic mass is 9.58. The van der Waals surface area contributed by atoms with Crippen molar-refractivity contribution in [2.24, 2.45) is 17.3 Å². The molecule has 124 valence electrons. The third kappa shape index (κ3) is 2.19. The monoisotopic (exact) mass is 316 g/mol. The summed E-state index contributed by atoms with van der Waals surface area (Å²) >= 11 is 0. The number of hydrogen-bond donors (Lipinski definition) is 0. The Balaban J connectivity index is 2.19. The highest BCUT2D eigenvalue weighted by atomic mass is 16.5. The van der Waals surface area contributed by atoms with E-state index in [4.69, 9.17) is 9.15 Å². The molecule has 2 aliphatic rings. The maximum atomic E-state index is 12.9. The normalized spacial score (nSPS) is 29.8. The Bertz CT molecular complexity index is 694. The van der Waals surface area contributed by atoms with Gasteiger partial charge in [0, 0.05) is 16.6 Å². The van der Waals surface area contributed by atoms with Gasteiger partial charge in [0.1, 0.15) is 6.10 Å². The summed E-state index contributed by atoms with van der Waals surface area (Å²) in [6.07, 6.45) is 4.97. The first-order chi connectivity index (χ1) is 10.8. The zero-order valence-electron chi connectivity index (χ0n) is 14.4. The van der Waals surface area contributed by atoms with Crippen LogP contribution in [0.5, 0.6) is 0 Å². The smallest absolute Gasteiger partial charge is 0.309 e. The van der Waals surface area contributed by atoms with E-state index < -0.39 is 11.5 Å². The van der Waals surface area contributed by atoms with Gasteiger partial charge in [0.25, 0.3) is 0 Å². The molecule has 0 bridgehead atoms. The van der Waals surface area contributed by atoms with E-state index in [1.165, 1.54) is 0 Å². The van der Waals surface area contributed by atoms with Crippen LogP contribution in [0, 0.1) is 24.2 Å². The molecule has 4 heteroatoms. The summed E-state index contributed by atoms with van der Waals surface area (Å²) in [5, 5.41) is 0. The van der Waals surface area contributed by atoms with Crippen LogP contribution < -0.4 is 0 Å². The maximum absolute atomic E-state index is 12.9. The van der Waals surface area contributed by atoms with Crippen molar-refractivity contribution in [2.75, 3.05) is 0 Å². The lowest BCUT2D eigenvalue weighted by molar-refractivity contribution is -0.161. The van der Waals surface area contributed by atoms with Crippen LogP contribution in [-0.4, -0.2) is 11.8 Å². The summed E-state index contributed by atoms with van der Waals surface area (Å²) in [6.45, 7) is 9.73. The van der Waals surface area contributed by atoms with Crippen molar-refractivity contribution in [1.29, 1.82) is 0 Å². The molecule has 1 aromatic heterocycles. The molecule has 0 fully saturated rings. The molecule has 0 saturated carbocycles. The second-order valence-electron chi connectivity index (χ2n) is 7.34. The van der Waals surface area contributed by atoms with Gasteiger partial charge in [-0.3, -0.25) is 9.59 Å². The van der Waals surface area contributed by atoms with Gasteiger partial charge in [0.2, 0.25) is 5.78 Å². The van der Waals surface area contributed by atoms with Gasteiger partial charge in [-0.1, -0.05) is 33.8 Å². The highest BCUT2D eigenvalue weighted by molar-refractivity contribution is 6.10. The highest BCUT2D eigenvalue weighted by Gasteiger charge is 2.55. The Kier molecular flexibility index (Phi) is 3.74. The number of carbonyl (C=O) groups is 2. The zero-order valence-corrected chi connectivity index (χ0v) is 14.4. The summed E-state index contributed by atoms with van der Waals surface area (Å²) in [5.74, 6) is 0.0761. The number of rotatable bonds is 2. The number of ether oxygens (including phenoxy) is 1. The molecule has 3 atom stereocenters. The molecule has 0 saturated heterocycles. The Morgan fingerprint density at radius 3 is 2.78 bits per heavy atom. The fraction of sp³-hybridized carbons (Fsp3) is 0.579. The van der Waals surface area contributed by atoms with Crippen molar-refractivity contribution >= 4 is 11.8 Å². The number of furan rings is 1. The van der Waals surface area contributed by atoms with Crippen LogP contribution >= 0.6 is 0 Å². The molecule has 3 unspecified atom stereocenters. The van der Waals surface area contributed by atoms with Gasteiger partial charge < -0.3 is 9.15 Å². The average molecular weight is 316 g/mol. The van der Waals surface area contributed by atoms with Gasteiger partial charge in [0.05, 0.1) is 12.2 Å². The van der Waals surface area contributed by atoms with Crippen LogP contribution in [0.2, 0.25) is 0 Å². The van der Waals surface area contributed by atoms with Crippen LogP contribution in [0.15, 0.2) is 22.3 Å². The molecule has 1 heterocycles. The van der Waals surface area contributed by atoms with Crippen molar-refractivity contribution < 1.29 is 18.7 Å². The molecular formula is C19H24O4. The Morgan fingerprint density at radius 2 is 2.13 bits per heavy atom. The van der Waals surface area contributed by atoms with E-state index in [1.54, 1.807) is 6.26 Å². The standard InChI is InChI=1S/C19H24O4/c1-10(2)18(21)23-17-14-11(3)9-22-16(14)15(20)13-8-6-7-12(4)19(13,17)5/h8-10,12,17H,6-7H2,1-5H3. The Labute approximate surface area is 136 Å². The predicted octanol–water partition coefficient (Wildman–Crippen LogP) is 4.39. The van der Waals surface area contributed by atoms with Crippen molar-refractivity contribution in [3.63, 3.8) is 0 Å². The van der Waals surface area contributed by atoms with Crippen molar-refractivity contribution in [3.05, 3.63) is 34.8 Å². The third-order valence-electron chi connectivity index (χ3n) is 5.54. The van der Waals surface area contributed by atoms with Gasteiger partial charge in [-0.25, -0.2) is 0 Å². The zero-order chi connectivity index (χ0) is 16.9. The van der Waals surface area contributed by atoms with Gasteiger partial charge in [-0.05, 0) is 31.2 Å². The highest BCUT2D eigenvalue weighted by Crippen LogP contribution is 2.57. The number of hydrogen-bond acceptors (Lipinski definition) is 4. The van der Waals surface area contributed by atoms with Crippen LogP contribution in [0.1, 0.15) is 68.3 Å². The number of aryl methyl sites for hydroxylation is 1. The minimum absolute atomic E-state index is 0.0565. The number of esters is 1. The Morgan fingerprint density at radius 1 is 1.43 bits per heavy atom. The van der Waals surface area contributed by atoms with E-state index in [0.717, 1.165) is 29.5 Å². The molecule has 0 N–H and O–H groups in total. The van der Waals surface area contributed by atoms with Crippen LogP contribution in [0.4, 0.5) is 0 Å². The number of Topliss-reactive ketones (excluding diaryl/α,β-unsaturated/α-hetero) is 1. The van der Waals surface area contributed by atoms with Crippen LogP contribution in [0.25, 0.3) is 0 Å². The van der Waals surface area contributed by atoms with Gasteiger partial charge >= 0.3 is 5.97 Å². The van der Waals surface area contributed by atoms with E-state index in [2.05, 4.69) is 6.92 Å². The van der Waals surface area contributed by atoms with Crippen molar-refractivity contribution in [1.82, 2.24) is 0 Å². The molecule has 0 amide bonds. The van der Waals surface area contributed by atoms with E-state index in [1.807, 2.05) is 33.8 Å². The minimum Gasteiger partial charge on any atom is -0.460 e. The minimum atomic E-state index is -0.498. The SMILES string of the molecule is Cc1coc2c1C(OC(=O)C(C)C)C1(C)C(=CCCC1C)C2=O. The first-order valence-electron chi connectivity index (χ1n) is 8.32. The molecule has 0 radical (unpaired) electrons. The summed E-state index contributed by atoms with van der Waals surface area (Å²) in [7, 11) is 0. The second kappa shape index (κ2) is 5.36. The molecule has 0 aliphatic heterocycles. The van der Waals surface area contributed by atoms with Gasteiger partial charge in [-0.15, -0.1) is 0 Å². The van der Waals surface area contributed by atoms with Gasteiger partial charge in [-0.2, -0.15) is 0 Å². The molecule has 3 rings (SSSR count). The summed E-state index contributed by atoms with van der Waals surface area (Å²) < 4.78 is 11.4. The van der Waals surface area contributed by atoms with E-state index >= 15 is 0 Å². The molecule has 1 aromatic rings. The van der Waals surface area contributed by atoms with E-state index in [9.17, 15) is 9.59 Å². The third-order valence-corrected chi connectivity index (χ3v) is 5.54. The number of allylic oxidation sites excluding steroid dienone is 1. The number of fused-ring (bicyclic) bond motifs is 2. The van der Waals surface area contributed by atoms with Crippen molar-refractivity contribution in [3.8, 4) is 0 Å². The summed E-state index contributed by atoms with van der Waals surface area (Å²) in [4.78, 5) is 25.2. The first-order valence-corrected chi connectivity index (χ1v) is 8.32. The fourth-order valence-corrected chi connectivity index (χ4v) is 3.81. The molecule has 23 heavy (non-hydrogen) atoms. The molecule has 0 aromatic carbocycles. The van der Waals surface area contributed by atoms with Crippen LogP contribution in [-0.2, 0) is 9.53 Å². The molecule has 0 spiro atoms. The largest absolute Gasteiger partial charge is 0.460 e. The molecule has 4 nitrogen and oxygen atoms in total. The fourth-order valence-electron chi connectivity index (χ4n) is 3.81. The second-order valence-corrected chi connectivity index (χ2v) is 7.34. The molecule has 2 aliphatic carbocycles. The summed E-state index contributed by atoms with van der Waals surface area (Å²) in [5.41, 5.74) is 1.85. The quantitative estimate of drug-likeness (QED) is 0.759. The maximum Gasteiger partial charge on any atom is 0.309 e. The lowest BCUT2D eigenvalue weighted by Crippen LogP contribution is -2.45. The number of ketones is 1. The molecular weight excluding hydrogens is 292 g/mol. The summed E-state index contributed by atoms with van der Waals surface area (Å²) in [6, 6.07) is 0. The lowest BCUT2D eigenvalue weighted by Gasteiger charge is -2.47. The van der Waals surface area contributed by atoms with Crippen LogP contribution in [0.3, 0.4) is 0 Å². The van der Waals surface area contributed by atoms with Crippen molar-refractivity contribution in [2.45, 2.75) is 53.6 Å². The van der Waals surface area contributed by atoms with Gasteiger partial charge in [0.15, 0.2) is 5.76 Å². The number of carbonyl (C=O) groups excluding carboxylic acids is 2. The topological polar surface area (TPSA) is 56.5 Å².